The molecule has 116 valence electrons. The van der Waals surface area contributed by atoms with Crippen molar-refractivity contribution in [3.05, 3.63) is 46.7 Å². The molecule has 0 bridgehead atoms. The standard InChI is InChI=1S/C14H14Cl2N4OS/c1-3-6-20-9(2)18-19-14(20)22-8-13(21)17-12-5-4-10(15)7-11(12)16/h3-5,7H,1,6,8H2,2H3,(H,17,21). The van der Waals surface area contributed by atoms with Crippen LogP contribution in [0, 0.1) is 6.92 Å². The summed E-state index contributed by atoms with van der Waals surface area (Å²) in [5, 5.41) is 12.4. The summed E-state index contributed by atoms with van der Waals surface area (Å²) >= 11 is 13.1. The fraction of sp³-hybridized carbons (Fsp3) is 0.214. The molecule has 0 saturated heterocycles. The summed E-state index contributed by atoms with van der Waals surface area (Å²) in [6.45, 7) is 6.15. The molecule has 5 nitrogen and oxygen atoms in total. The maximum Gasteiger partial charge on any atom is 0.234 e. The van der Waals surface area contributed by atoms with E-state index in [0.717, 1.165) is 5.82 Å². The molecule has 1 amide bonds. The van der Waals surface area contributed by atoms with E-state index in [0.29, 0.717) is 27.4 Å². The molecule has 1 aromatic carbocycles. The van der Waals surface area contributed by atoms with Gasteiger partial charge in [-0.25, -0.2) is 0 Å². The van der Waals surface area contributed by atoms with Gasteiger partial charge in [0.25, 0.3) is 0 Å². The van der Waals surface area contributed by atoms with Gasteiger partial charge in [0.05, 0.1) is 16.5 Å². The first-order valence-electron chi connectivity index (χ1n) is 6.39. The van der Waals surface area contributed by atoms with Gasteiger partial charge in [0.15, 0.2) is 5.16 Å². The number of benzene rings is 1. The van der Waals surface area contributed by atoms with E-state index in [1.807, 2.05) is 11.5 Å². The molecule has 22 heavy (non-hydrogen) atoms. The number of halogens is 2. The van der Waals surface area contributed by atoms with Crippen LogP contribution >= 0.6 is 35.0 Å². The van der Waals surface area contributed by atoms with Crippen LogP contribution in [0.25, 0.3) is 0 Å². The third kappa shape index (κ3) is 4.25. The highest BCUT2D eigenvalue weighted by molar-refractivity contribution is 7.99. The molecule has 0 radical (unpaired) electrons. The number of nitrogens with one attached hydrogen (secondary N) is 1. The number of carbonyl (C=O) groups excluding carboxylic acids is 1. The number of hydrogen-bond donors (Lipinski definition) is 1. The second-order valence-corrected chi connectivity index (χ2v) is 6.18. The molecular weight excluding hydrogens is 343 g/mol. The molecule has 1 N–H and O–H groups in total. The molecule has 0 aliphatic heterocycles. The average Bonchev–Trinajstić information content (AvgIpc) is 2.81. The highest BCUT2D eigenvalue weighted by Crippen LogP contribution is 2.26. The lowest BCUT2D eigenvalue weighted by Crippen LogP contribution is -2.15. The Morgan fingerprint density at radius 1 is 1.45 bits per heavy atom. The van der Waals surface area contributed by atoms with Crippen LogP contribution in [-0.2, 0) is 11.3 Å². The van der Waals surface area contributed by atoms with Gasteiger partial charge in [-0.1, -0.05) is 41.0 Å². The van der Waals surface area contributed by atoms with Crippen LogP contribution in [0.5, 0.6) is 0 Å². The van der Waals surface area contributed by atoms with Crippen molar-refractivity contribution in [2.24, 2.45) is 0 Å². The molecule has 0 unspecified atom stereocenters. The van der Waals surface area contributed by atoms with Gasteiger partial charge in [-0.15, -0.1) is 16.8 Å². The fourth-order valence-electron chi connectivity index (χ4n) is 1.71. The zero-order valence-corrected chi connectivity index (χ0v) is 14.2. The predicted molar refractivity (Wildman–Crippen MR) is 90.8 cm³/mol. The minimum Gasteiger partial charge on any atom is -0.324 e. The van der Waals surface area contributed by atoms with Crippen LogP contribution in [0.3, 0.4) is 0 Å². The Bertz CT molecular complexity index is 702. The van der Waals surface area contributed by atoms with E-state index in [9.17, 15) is 4.79 Å². The fourth-order valence-corrected chi connectivity index (χ4v) is 2.96. The number of aryl methyl sites for hydroxylation is 1. The molecule has 8 heteroatoms. The maximum atomic E-state index is 12.0. The number of rotatable bonds is 6. The summed E-state index contributed by atoms with van der Waals surface area (Å²) in [4.78, 5) is 12.0. The molecule has 2 aromatic rings. The summed E-state index contributed by atoms with van der Waals surface area (Å²) < 4.78 is 1.89. The van der Waals surface area contributed by atoms with Crippen LogP contribution in [0.4, 0.5) is 5.69 Å². The summed E-state index contributed by atoms with van der Waals surface area (Å²) in [7, 11) is 0. The molecule has 2 rings (SSSR count). The van der Waals surface area contributed by atoms with E-state index in [2.05, 4.69) is 22.1 Å². The Morgan fingerprint density at radius 3 is 2.91 bits per heavy atom. The number of carbonyl (C=O) groups is 1. The summed E-state index contributed by atoms with van der Waals surface area (Å²) in [5.74, 6) is 0.803. The Kier molecular flexibility index (Phi) is 5.88. The maximum absolute atomic E-state index is 12.0. The second-order valence-electron chi connectivity index (χ2n) is 4.39. The predicted octanol–water partition coefficient (Wildman–Crippen LogP) is 3.81. The molecule has 0 fully saturated rings. The number of hydrogen-bond acceptors (Lipinski definition) is 4. The normalized spacial score (nSPS) is 10.5. The van der Waals surface area contributed by atoms with E-state index in [-0.39, 0.29) is 11.7 Å². The van der Waals surface area contributed by atoms with Gasteiger partial charge in [0.2, 0.25) is 5.91 Å². The van der Waals surface area contributed by atoms with E-state index < -0.39 is 0 Å². The van der Waals surface area contributed by atoms with Gasteiger partial charge in [0, 0.05) is 11.6 Å². The molecule has 1 heterocycles. The monoisotopic (exact) mass is 356 g/mol. The van der Waals surface area contributed by atoms with E-state index >= 15 is 0 Å². The van der Waals surface area contributed by atoms with Crippen LogP contribution in [0.15, 0.2) is 36.0 Å². The van der Waals surface area contributed by atoms with Crippen LogP contribution in [0.1, 0.15) is 5.82 Å². The van der Waals surface area contributed by atoms with E-state index in [1.54, 1.807) is 24.3 Å². The van der Waals surface area contributed by atoms with Gasteiger partial charge < -0.3 is 9.88 Å². The van der Waals surface area contributed by atoms with Crippen LogP contribution < -0.4 is 5.32 Å². The first-order chi connectivity index (χ1) is 10.5. The lowest BCUT2D eigenvalue weighted by atomic mass is 10.3. The Balaban J connectivity index is 1.97. The van der Waals surface area contributed by atoms with Gasteiger partial charge in [0.1, 0.15) is 5.82 Å². The van der Waals surface area contributed by atoms with Crippen LogP contribution in [0.2, 0.25) is 10.0 Å². The molecule has 0 aliphatic carbocycles. The van der Waals surface area contributed by atoms with Crippen molar-refractivity contribution in [1.29, 1.82) is 0 Å². The first kappa shape index (κ1) is 16.9. The number of anilines is 1. The number of nitrogens with zero attached hydrogens (tertiary/aromatic N) is 3. The quantitative estimate of drug-likeness (QED) is 0.631. The molecule has 0 atom stereocenters. The van der Waals surface area contributed by atoms with Crippen molar-refractivity contribution in [2.45, 2.75) is 18.6 Å². The van der Waals surface area contributed by atoms with Crippen molar-refractivity contribution in [1.82, 2.24) is 14.8 Å². The SMILES string of the molecule is C=CCn1c(C)nnc1SCC(=O)Nc1ccc(Cl)cc1Cl. The van der Waals surface area contributed by atoms with Crippen LogP contribution in [-0.4, -0.2) is 26.4 Å². The average molecular weight is 357 g/mol. The zero-order chi connectivity index (χ0) is 16.1. The highest BCUT2D eigenvalue weighted by atomic mass is 35.5. The van der Waals surface area contributed by atoms with Gasteiger partial charge in [-0.2, -0.15) is 0 Å². The third-order valence-electron chi connectivity index (χ3n) is 2.75. The lowest BCUT2D eigenvalue weighted by molar-refractivity contribution is -0.113. The molecule has 0 aliphatic rings. The number of aromatic nitrogens is 3. The Labute approximate surface area is 142 Å². The minimum atomic E-state index is -0.181. The lowest BCUT2D eigenvalue weighted by Gasteiger charge is -2.08. The van der Waals surface area contributed by atoms with Crippen molar-refractivity contribution < 1.29 is 4.79 Å². The van der Waals surface area contributed by atoms with Crippen molar-refractivity contribution in [2.75, 3.05) is 11.1 Å². The van der Waals surface area contributed by atoms with Gasteiger partial charge >= 0.3 is 0 Å². The molecule has 0 spiro atoms. The molecule has 1 aromatic heterocycles. The summed E-state index contributed by atoms with van der Waals surface area (Å²) in [6.07, 6.45) is 1.76. The first-order valence-corrected chi connectivity index (χ1v) is 8.14. The summed E-state index contributed by atoms with van der Waals surface area (Å²) in [6, 6.07) is 4.91. The molecule has 0 saturated carbocycles. The number of allylic oxidation sites excluding steroid dienone is 1. The Morgan fingerprint density at radius 2 is 2.23 bits per heavy atom. The van der Waals surface area contributed by atoms with E-state index in [4.69, 9.17) is 23.2 Å². The summed E-state index contributed by atoms with van der Waals surface area (Å²) in [5.41, 5.74) is 0.528. The second kappa shape index (κ2) is 7.67. The highest BCUT2D eigenvalue weighted by Gasteiger charge is 2.12. The van der Waals surface area contributed by atoms with E-state index in [1.165, 1.54) is 11.8 Å². The Hall–Kier alpha value is -1.50. The third-order valence-corrected chi connectivity index (χ3v) is 4.27. The number of thioether (sulfide) groups is 1. The largest absolute Gasteiger partial charge is 0.324 e. The zero-order valence-electron chi connectivity index (χ0n) is 11.8. The topological polar surface area (TPSA) is 59.8 Å². The van der Waals surface area contributed by atoms with Crippen molar-refractivity contribution >= 4 is 46.6 Å². The van der Waals surface area contributed by atoms with Crippen molar-refractivity contribution in [3.63, 3.8) is 0 Å². The van der Waals surface area contributed by atoms with Gasteiger partial charge in [-0.05, 0) is 25.1 Å². The number of amides is 1. The minimum absolute atomic E-state index is 0.181. The van der Waals surface area contributed by atoms with Crippen molar-refractivity contribution in [3.8, 4) is 0 Å². The van der Waals surface area contributed by atoms with Gasteiger partial charge in [-0.3, -0.25) is 4.79 Å². The molecular formula is C14H14Cl2N4OS. The smallest absolute Gasteiger partial charge is 0.234 e.